The molecule has 3 aromatic rings. The lowest BCUT2D eigenvalue weighted by Gasteiger charge is -2.47. The molecule has 0 saturated carbocycles. The molecule has 0 aliphatic rings. The third-order valence-corrected chi connectivity index (χ3v) is 13.5. The van der Waals surface area contributed by atoms with Crippen LogP contribution in [0.25, 0.3) is 17.1 Å². The lowest BCUT2D eigenvalue weighted by atomic mass is 9.56. The van der Waals surface area contributed by atoms with Crippen molar-refractivity contribution >= 4 is 11.8 Å². The van der Waals surface area contributed by atoms with Crippen LogP contribution >= 0.6 is 0 Å². The fourth-order valence-corrected chi connectivity index (χ4v) is 8.70. The van der Waals surface area contributed by atoms with Crippen LogP contribution in [0.1, 0.15) is 152 Å². The molecule has 314 valence electrons. The molecule has 0 aliphatic heterocycles. The molecule has 2 aromatic carbocycles. The van der Waals surface area contributed by atoms with Crippen LogP contribution in [0.15, 0.2) is 48.8 Å². The van der Waals surface area contributed by atoms with Crippen molar-refractivity contribution < 1.29 is 19.1 Å². The molecular formula is C50H75N3O4. The van der Waals surface area contributed by atoms with Gasteiger partial charge in [0.05, 0.1) is 36.8 Å². The van der Waals surface area contributed by atoms with Gasteiger partial charge in [0.15, 0.2) is 0 Å². The summed E-state index contributed by atoms with van der Waals surface area (Å²) in [6.07, 6.45) is 7.62. The van der Waals surface area contributed by atoms with Crippen LogP contribution in [0.5, 0.6) is 5.75 Å². The first-order chi connectivity index (χ1) is 26.2. The molecule has 1 heterocycles. The number of benzene rings is 2. The molecular weight excluding hydrogens is 707 g/mol. The smallest absolute Gasteiger partial charge is 0.312 e. The largest absolute Gasteiger partial charge is 0.494 e. The minimum Gasteiger partial charge on any atom is -0.494 e. The van der Waals surface area contributed by atoms with Crippen molar-refractivity contribution in [2.24, 2.45) is 38.9 Å². The average molecular weight is 782 g/mol. The summed E-state index contributed by atoms with van der Waals surface area (Å²) in [7, 11) is 1.44. The van der Waals surface area contributed by atoms with Gasteiger partial charge in [0.2, 0.25) is 0 Å². The van der Waals surface area contributed by atoms with Crippen molar-refractivity contribution in [2.45, 2.75) is 155 Å². The summed E-state index contributed by atoms with van der Waals surface area (Å²) in [5.41, 5.74) is 3.24. The Morgan fingerprint density at radius 2 is 1.51 bits per heavy atom. The zero-order chi connectivity index (χ0) is 43.4. The summed E-state index contributed by atoms with van der Waals surface area (Å²) in [5.74, 6) is 1.31. The Kier molecular flexibility index (Phi) is 14.9. The SMILES string of the molecule is CCC(C)(C)c1ccccc1-c1nccn1-c1c(C)cc(OCCCC(=O)C(C)(CC(C)(C)CC(C#N)C(C)(C)C)C(C)CC(C)(C(=O)OC)C(C)(C)C)cc1C. The number of Topliss-reactive ketones (excluding diaryl/α,β-unsaturated/α-hetero) is 1. The second-order valence-electron chi connectivity index (χ2n) is 20.9. The first-order valence-electron chi connectivity index (χ1n) is 21.1. The Bertz CT molecular complexity index is 1880. The van der Waals surface area contributed by atoms with Gasteiger partial charge in [-0.25, -0.2) is 4.98 Å². The number of aryl methyl sites for hydroxylation is 2. The van der Waals surface area contributed by atoms with Crippen molar-refractivity contribution in [3.63, 3.8) is 0 Å². The van der Waals surface area contributed by atoms with E-state index in [2.05, 4.69) is 151 Å². The number of rotatable bonds is 18. The van der Waals surface area contributed by atoms with Crippen molar-refractivity contribution in [3.8, 4) is 28.9 Å². The van der Waals surface area contributed by atoms with E-state index in [9.17, 15) is 14.9 Å². The van der Waals surface area contributed by atoms with Gasteiger partial charge in [0, 0.05) is 29.8 Å². The Hall–Kier alpha value is -3.92. The fraction of sp³-hybridized carbons (Fsp3) is 0.640. The highest BCUT2D eigenvalue weighted by Crippen LogP contribution is 2.52. The number of esters is 1. The number of nitrogens with zero attached hydrogens (tertiary/aromatic N) is 3. The topological polar surface area (TPSA) is 94.2 Å². The fourth-order valence-electron chi connectivity index (χ4n) is 8.70. The number of nitriles is 1. The number of ketones is 1. The highest BCUT2D eigenvalue weighted by Gasteiger charge is 2.51. The molecule has 0 saturated heterocycles. The molecule has 3 rings (SSSR count). The molecule has 57 heavy (non-hydrogen) atoms. The maximum absolute atomic E-state index is 14.6. The van der Waals surface area contributed by atoms with Crippen LogP contribution in [0, 0.1) is 64.1 Å². The molecule has 4 unspecified atom stereocenters. The van der Waals surface area contributed by atoms with Gasteiger partial charge >= 0.3 is 5.97 Å². The lowest BCUT2D eigenvalue weighted by molar-refractivity contribution is -0.162. The van der Waals surface area contributed by atoms with Crippen LogP contribution in [0.3, 0.4) is 0 Å². The quantitative estimate of drug-likeness (QED) is 0.0942. The first-order valence-corrected chi connectivity index (χ1v) is 21.1. The van der Waals surface area contributed by atoms with E-state index in [-0.39, 0.29) is 45.2 Å². The van der Waals surface area contributed by atoms with Gasteiger partial charge in [0.1, 0.15) is 17.4 Å². The van der Waals surface area contributed by atoms with Crippen LogP contribution in [0.2, 0.25) is 0 Å². The molecule has 0 aliphatic carbocycles. The second kappa shape index (κ2) is 17.9. The number of aromatic nitrogens is 2. The first kappa shape index (κ1) is 47.5. The zero-order valence-electron chi connectivity index (χ0n) is 38.7. The van der Waals surface area contributed by atoms with Gasteiger partial charge < -0.3 is 9.47 Å². The average Bonchev–Trinajstić information content (AvgIpc) is 3.59. The van der Waals surface area contributed by atoms with E-state index < -0.39 is 10.8 Å². The van der Waals surface area contributed by atoms with Crippen molar-refractivity contribution in [2.75, 3.05) is 13.7 Å². The highest BCUT2D eigenvalue weighted by atomic mass is 16.5. The molecule has 0 N–H and O–H groups in total. The summed E-state index contributed by atoms with van der Waals surface area (Å²) in [4.78, 5) is 32.8. The molecule has 7 heteroatoms. The Morgan fingerprint density at radius 3 is 2.04 bits per heavy atom. The van der Waals surface area contributed by atoms with Crippen LogP contribution in [-0.4, -0.2) is 35.0 Å². The normalized spacial score (nSPS) is 15.9. The van der Waals surface area contributed by atoms with Gasteiger partial charge in [-0.05, 0) is 109 Å². The van der Waals surface area contributed by atoms with Crippen molar-refractivity contribution in [1.82, 2.24) is 9.55 Å². The van der Waals surface area contributed by atoms with E-state index in [1.165, 1.54) is 12.7 Å². The van der Waals surface area contributed by atoms with Crippen molar-refractivity contribution in [1.29, 1.82) is 5.26 Å². The van der Waals surface area contributed by atoms with E-state index in [0.717, 1.165) is 40.4 Å². The highest BCUT2D eigenvalue weighted by molar-refractivity contribution is 5.85. The number of hydrogen-bond acceptors (Lipinski definition) is 6. The lowest BCUT2D eigenvalue weighted by Crippen LogP contribution is -2.47. The summed E-state index contributed by atoms with van der Waals surface area (Å²) < 4.78 is 13.9. The predicted molar refractivity (Wildman–Crippen MR) is 235 cm³/mol. The molecule has 0 amide bonds. The number of imidazole rings is 1. The maximum Gasteiger partial charge on any atom is 0.312 e. The minimum atomic E-state index is -0.800. The number of ether oxygens (including phenoxy) is 2. The summed E-state index contributed by atoms with van der Waals surface area (Å²) in [6, 6.07) is 15.3. The van der Waals surface area contributed by atoms with Gasteiger partial charge in [-0.15, -0.1) is 0 Å². The van der Waals surface area contributed by atoms with Gasteiger partial charge in [-0.2, -0.15) is 5.26 Å². The maximum atomic E-state index is 14.6. The van der Waals surface area contributed by atoms with E-state index in [1.54, 1.807) is 0 Å². The Morgan fingerprint density at radius 1 is 0.912 bits per heavy atom. The number of carbonyl (C=O) groups is 2. The van der Waals surface area contributed by atoms with E-state index >= 15 is 0 Å². The van der Waals surface area contributed by atoms with E-state index in [4.69, 9.17) is 14.5 Å². The monoisotopic (exact) mass is 782 g/mol. The molecule has 4 atom stereocenters. The summed E-state index contributed by atoms with van der Waals surface area (Å²) >= 11 is 0. The third-order valence-electron chi connectivity index (χ3n) is 13.5. The molecule has 7 nitrogen and oxygen atoms in total. The minimum absolute atomic E-state index is 0.00497. The summed E-state index contributed by atoms with van der Waals surface area (Å²) in [5, 5.41) is 10.1. The second-order valence-corrected chi connectivity index (χ2v) is 20.9. The Labute approximate surface area is 346 Å². The number of hydrogen-bond donors (Lipinski definition) is 0. The van der Waals surface area contributed by atoms with Gasteiger partial charge in [-0.1, -0.05) is 114 Å². The van der Waals surface area contributed by atoms with Crippen LogP contribution in [-0.2, 0) is 19.7 Å². The van der Waals surface area contributed by atoms with Crippen LogP contribution in [0.4, 0.5) is 0 Å². The third kappa shape index (κ3) is 10.8. The molecule has 0 fully saturated rings. The predicted octanol–water partition coefficient (Wildman–Crippen LogP) is 12.8. The molecule has 0 bridgehead atoms. The number of carbonyl (C=O) groups excluding carboxylic acids is 2. The zero-order valence-corrected chi connectivity index (χ0v) is 38.7. The van der Waals surface area contributed by atoms with Gasteiger partial charge in [-0.3, -0.25) is 14.2 Å². The van der Waals surface area contributed by atoms with E-state index in [0.29, 0.717) is 38.7 Å². The van der Waals surface area contributed by atoms with E-state index in [1.807, 2.05) is 19.3 Å². The Balaban J connectivity index is 1.87. The molecule has 0 spiro atoms. The van der Waals surface area contributed by atoms with Gasteiger partial charge in [0.25, 0.3) is 0 Å². The van der Waals surface area contributed by atoms with Crippen LogP contribution < -0.4 is 4.74 Å². The molecule has 0 radical (unpaired) electrons. The number of methoxy groups -OCH3 is 1. The standard InChI is InChI=1S/C50H75N3O4/c1-18-48(13,14)40-23-20-19-22-39(40)43-52-25-26-53(43)42-34(2)28-38(29-35(42)3)57-27-21-24-41(54)49(15,33-47(11,12)31-37(32-51)45(5,6)7)36(4)30-50(16,44(55)56-17)46(8,9)10/h19-20,22-23,25-26,28-29,36-37H,18,21,24,27,30-31,33H2,1-17H3. The van der Waals surface area contributed by atoms with Crippen molar-refractivity contribution in [3.05, 3.63) is 65.5 Å². The molecule has 1 aromatic heterocycles. The summed E-state index contributed by atoms with van der Waals surface area (Å²) in [6.45, 7) is 34.4.